The number of anilines is 1. The molecule has 3 heterocycles. The Morgan fingerprint density at radius 3 is 2.84 bits per heavy atom. The van der Waals surface area contributed by atoms with E-state index < -0.39 is 17.8 Å². The zero-order valence-corrected chi connectivity index (χ0v) is 17.3. The lowest BCUT2D eigenvalue weighted by Gasteiger charge is -2.21. The molecule has 0 bridgehead atoms. The number of hydrogen-bond donors (Lipinski definition) is 1. The van der Waals surface area contributed by atoms with Crippen molar-refractivity contribution in [2.45, 2.75) is 12.5 Å². The quantitative estimate of drug-likeness (QED) is 0.665. The molecule has 1 N–H and O–H groups in total. The summed E-state index contributed by atoms with van der Waals surface area (Å²) in [4.78, 5) is 31.8. The maximum absolute atomic E-state index is 13.9. The molecule has 0 aliphatic carbocycles. The fourth-order valence-electron chi connectivity index (χ4n) is 4.08. The molecule has 9 heteroatoms. The first-order valence-electron chi connectivity index (χ1n) is 10.2. The van der Waals surface area contributed by atoms with Crippen LogP contribution in [0.1, 0.15) is 23.9 Å². The molecule has 2 atom stereocenters. The Bertz CT molecular complexity index is 1190. The molecule has 2 aliphatic heterocycles. The first-order chi connectivity index (χ1) is 15.5. The fourth-order valence-corrected chi connectivity index (χ4v) is 4.08. The summed E-state index contributed by atoms with van der Waals surface area (Å²) in [6.45, 7) is 0.382. The summed E-state index contributed by atoms with van der Waals surface area (Å²) in [7, 11) is 1.81. The number of ether oxygens (including phenoxy) is 2. The third-order valence-corrected chi connectivity index (χ3v) is 5.75. The second kappa shape index (κ2) is 7.99. The van der Waals surface area contributed by atoms with Crippen molar-refractivity contribution in [3.8, 4) is 11.5 Å². The van der Waals surface area contributed by atoms with E-state index in [2.05, 4.69) is 10.3 Å². The number of aryl methyl sites for hydroxylation is 1. The Labute approximate surface area is 183 Å². The van der Waals surface area contributed by atoms with Crippen molar-refractivity contribution in [3.05, 3.63) is 72.1 Å². The summed E-state index contributed by atoms with van der Waals surface area (Å²) in [6, 6.07) is 10.7. The topological polar surface area (TPSA) is 85.7 Å². The molecular weight excluding hydrogens is 415 g/mol. The van der Waals surface area contributed by atoms with Gasteiger partial charge in [0, 0.05) is 44.2 Å². The molecule has 164 valence electrons. The number of carbonyl (C=O) groups is 2. The van der Waals surface area contributed by atoms with E-state index in [1.807, 2.05) is 0 Å². The first-order valence-corrected chi connectivity index (χ1v) is 10.2. The van der Waals surface area contributed by atoms with Crippen molar-refractivity contribution >= 4 is 17.5 Å². The van der Waals surface area contributed by atoms with Gasteiger partial charge < -0.3 is 24.3 Å². The lowest BCUT2D eigenvalue weighted by Crippen LogP contribution is -2.37. The number of hydrogen-bond acceptors (Lipinski definition) is 5. The van der Waals surface area contributed by atoms with E-state index >= 15 is 0 Å². The van der Waals surface area contributed by atoms with E-state index in [-0.39, 0.29) is 31.6 Å². The maximum Gasteiger partial charge on any atom is 0.231 e. The van der Waals surface area contributed by atoms with Crippen LogP contribution >= 0.6 is 0 Å². The molecule has 0 unspecified atom stereocenters. The third-order valence-electron chi connectivity index (χ3n) is 5.75. The highest BCUT2D eigenvalue weighted by atomic mass is 19.1. The van der Waals surface area contributed by atoms with Gasteiger partial charge in [-0.25, -0.2) is 9.37 Å². The standard InChI is InChI=1S/C23H21FN4O4/c1-27-8-7-25-22(27)21(14-3-2-4-16(24)9-14)26-23(30)15-10-20(29)28(12-15)17-5-6-18-19(11-17)32-13-31-18/h2-9,11,15,21H,10,12-13H2,1H3,(H,26,30)/t15-,21-/m0/s1. The van der Waals surface area contributed by atoms with Crippen molar-refractivity contribution in [2.75, 3.05) is 18.2 Å². The zero-order valence-electron chi connectivity index (χ0n) is 17.3. The number of nitrogens with zero attached hydrogens (tertiary/aromatic N) is 3. The highest BCUT2D eigenvalue weighted by molar-refractivity contribution is 6.00. The second-order valence-corrected chi connectivity index (χ2v) is 7.84. The third kappa shape index (κ3) is 3.66. The summed E-state index contributed by atoms with van der Waals surface area (Å²) < 4.78 is 26.4. The van der Waals surface area contributed by atoms with E-state index in [0.29, 0.717) is 28.6 Å². The van der Waals surface area contributed by atoms with Gasteiger partial charge in [0.1, 0.15) is 17.7 Å². The summed E-state index contributed by atoms with van der Waals surface area (Å²) >= 11 is 0. The number of rotatable bonds is 5. The van der Waals surface area contributed by atoms with Crippen LogP contribution in [0.15, 0.2) is 54.9 Å². The average Bonchev–Trinajstić information content (AvgIpc) is 3.51. The van der Waals surface area contributed by atoms with E-state index in [0.717, 1.165) is 0 Å². The Hall–Kier alpha value is -3.88. The van der Waals surface area contributed by atoms with Crippen LogP contribution in [-0.4, -0.2) is 34.7 Å². The van der Waals surface area contributed by atoms with Crippen molar-refractivity contribution in [2.24, 2.45) is 13.0 Å². The Morgan fingerprint density at radius 1 is 1.22 bits per heavy atom. The SMILES string of the molecule is Cn1ccnc1[C@@H](NC(=O)[C@H]1CC(=O)N(c2ccc3c(c2)OCO3)C1)c1cccc(F)c1. The number of halogens is 1. The largest absolute Gasteiger partial charge is 0.454 e. The van der Waals surface area contributed by atoms with Gasteiger partial charge in [-0.05, 0) is 29.8 Å². The average molecular weight is 436 g/mol. The molecule has 0 spiro atoms. The number of fused-ring (bicyclic) bond motifs is 1. The number of benzene rings is 2. The molecule has 0 radical (unpaired) electrons. The Balaban J connectivity index is 1.36. The van der Waals surface area contributed by atoms with Gasteiger partial charge >= 0.3 is 0 Å². The predicted molar refractivity (Wildman–Crippen MR) is 113 cm³/mol. The van der Waals surface area contributed by atoms with Gasteiger partial charge in [0.05, 0.1) is 5.92 Å². The minimum absolute atomic E-state index is 0.0801. The van der Waals surface area contributed by atoms with E-state index in [9.17, 15) is 14.0 Å². The number of carbonyl (C=O) groups excluding carboxylic acids is 2. The molecule has 0 saturated carbocycles. The van der Waals surface area contributed by atoms with Crippen LogP contribution in [0.25, 0.3) is 0 Å². The van der Waals surface area contributed by atoms with Gasteiger partial charge in [-0.1, -0.05) is 12.1 Å². The van der Waals surface area contributed by atoms with Crippen LogP contribution in [-0.2, 0) is 16.6 Å². The van der Waals surface area contributed by atoms with Crippen molar-refractivity contribution < 1.29 is 23.5 Å². The molecule has 2 aromatic carbocycles. The van der Waals surface area contributed by atoms with Crippen molar-refractivity contribution in [1.29, 1.82) is 0 Å². The Morgan fingerprint density at radius 2 is 2.06 bits per heavy atom. The minimum atomic E-state index is -0.645. The minimum Gasteiger partial charge on any atom is -0.454 e. The fraction of sp³-hybridized carbons (Fsp3) is 0.261. The molecule has 1 aromatic heterocycles. The Kier molecular flexibility index (Phi) is 5.01. The van der Waals surface area contributed by atoms with Crippen LogP contribution in [0, 0.1) is 11.7 Å². The maximum atomic E-state index is 13.9. The van der Waals surface area contributed by atoms with E-state index in [1.165, 1.54) is 12.1 Å². The monoisotopic (exact) mass is 436 g/mol. The van der Waals surface area contributed by atoms with Gasteiger partial charge in [0.25, 0.3) is 0 Å². The van der Waals surface area contributed by atoms with Crippen molar-refractivity contribution in [3.63, 3.8) is 0 Å². The second-order valence-electron chi connectivity index (χ2n) is 7.84. The molecule has 2 aliphatic rings. The predicted octanol–water partition coefficient (Wildman–Crippen LogP) is 2.55. The van der Waals surface area contributed by atoms with Crippen molar-refractivity contribution in [1.82, 2.24) is 14.9 Å². The summed E-state index contributed by atoms with van der Waals surface area (Å²) in [5.74, 6) is 0.375. The lowest BCUT2D eigenvalue weighted by molar-refractivity contribution is -0.126. The summed E-state index contributed by atoms with van der Waals surface area (Å²) in [6.07, 6.45) is 3.46. The van der Waals surface area contributed by atoms with Gasteiger partial charge in [-0.15, -0.1) is 0 Å². The van der Waals surface area contributed by atoms with Gasteiger partial charge in [0.2, 0.25) is 18.6 Å². The molecule has 32 heavy (non-hydrogen) atoms. The first kappa shape index (κ1) is 20.0. The van der Waals surface area contributed by atoms with E-state index in [4.69, 9.17) is 9.47 Å². The van der Waals surface area contributed by atoms with Crippen LogP contribution in [0.5, 0.6) is 11.5 Å². The van der Waals surface area contributed by atoms with Crippen LogP contribution < -0.4 is 19.7 Å². The van der Waals surface area contributed by atoms with E-state index in [1.54, 1.807) is 59.2 Å². The van der Waals surface area contributed by atoms with Crippen LogP contribution in [0.4, 0.5) is 10.1 Å². The smallest absolute Gasteiger partial charge is 0.231 e. The van der Waals surface area contributed by atoms with Crippen LogP contribution in [0.3, 0.4) is 0 Å². The van der Waals surface area contributed by atoms with Gasteiger partial charge in [-0.2, -0.15) is 0 Å². The lowest BCUT2D eigenvalue weighted by atomic mass is 10.0. The molecule has 3 aromatic rings. The number of imidazole rings is 1. The molecule has 1 saturated heterocycles. The normalized spacial score (nSPS) is 18.1. The molecule has 1 fully saturated rings. The zero-order chi connectivity index (χ0) is 22.2. The molecule has 2 amide bonds. The van der Waals surface area contributed by atoms with Gasteiger partial charge in [0.15, 0.2) is 11.5 Å². The number of aromatic nitrogens is 2. The molecular formula is C23H21FN4O4. The molecule has 8 nitrogen and oxygen atoms in total. The van der Waals surface area contributed by atoms with Gasteiger partial charge in [-0.3, -0.25) is 9.59 Å². The van der Waals surface area contributed by atoms with Crippen LogP contribution in [0.2, 0.25) is 0 Å². The summed E-state index contributed by atoms with van der Waals surface area (Å²) in [5, 5.41) is 2.97. The molecule has 5 rings (SSSR count). The highest BCUT2D eigenvalue weighted by Crippen LogP contribution is 2.37. The highest BCUT2D eigenvalue weighted by Gasteiger charge is 2.37. The number of nitrogens with one attached hydrogen (secondary N) is 1. The summed E-state index contributed by atoms with van der Waals surface area (Å²) in [5.41, 5.74) is 1.23. The number of amides is 2.